The van der Waals surface area contributed by atoms with Crippen molar-refractivity contribution in [3.8, 4) is 17.2 Å². The van der Waals surface area contributed by atoms with Crippen LogP contribution in [0.3, 0.4) is 0 Å². The highest BCUT2D eigenvalue weighted by atomic mass is 35.5. The predicted octanol–water partition coefficient (Wildman–Crippen LogP) is 3.34. The lowest BCUT2D eigenvalue weighted by molar-refractivity contribution is 0.178. The second-order valence-electron chi connectivity index (χ2n) is 4.59. The maximum absolute atomic E-state index is 10.4. The maximum atomic E-state index is 10.4. The van der Waals surface area contributed by atoms with E-state index in [0.717, 1.165) is 5.56 Å². The van der Waals surface area contributed by atoms with E-state index in [1.54, 1.807) is 30.3 Å². The lowest BCUT2D eigenvalue weighted by Crippen LogP contribution is -2.04. The number of aliphatic hydroxyl groups excluding tert-OH is 1. The van der Waals surface area contributed by atoms with Gasteiger partial charge in [-0.2, -0.15) is 0 Å². The minimum Gasteiger partial charge on any atom is -0.508 e. The summed E-state index contributed by atoms with van der Waals surface area (Å²) in [4.78, 5) is 0. The van der Waals surface area contributed by atoms with Crippen LogP contribution in [0.15, 0.2) is 36.4 Å². The van der Waals surface area contributed by atoms with Gasteiger partial charge in [0.25, 0.3) is 0 Å². The average Bonchev–Trinajstić information content (AvgIpc) is 2.46. The van der Waals surface area contributed by atoms with Gasteiger partial charge in [0, 0.05) is 12.0 Å². The van der Waals surface area contributed by atoms with E-state index >= 15 is 0 Å². The molecule has 0 fully saturated rings. The third-order valence-electron chi connectivity index (χ3n) is 3.21. The van der Waals surface area contributed by atoms with Crippen molar-refractivity contribution in [2.75, 3.05) is 14.2 Å². The van der Waals surface area contributed by atoms with Gasteiger partial charge >= 0.3 is 0 Å². The molecule has 2 aromatic carbocycles. The van der Waals surface area contributed by atoms with Gasteiger partial charge in [0.2, 0.25) is 0 Å². The fourth-order valence-corrected chi connectivity index (χ4v) is 2.54. The number of methoxy groups -OCH3 is 2. The second-order valence-corrected chi connectivity index (χ2v) is 4.97. The third kappa shape index (κ3) is 3.40. The standard InChI is InChI=1S/C16H17ClO4/c1-20-14-7-6-12(15(17)16(14)21-2)13(19)9-10-4-3-5-11(18)8-10/h3-8,13,18-19H,9H2,1-2H3. The molecule has 0 aliphatic carbocycles. The smallest absolute Gasteiger partial charge is 0.179 e. The molecule has 0 saturated heterocycles. The highest BCUT2D eigenvalue weighted by Crippen LogP contribution is 2.40. The Kier molecular flexibility index (Phi) is 4.94. The Balaban J connectivity index is 2.29. The van der Waals surface area contributed by atoms with Crippen LogP contribution < -0.4 is 9.47 Å². The average molecular weight is 309 g/mol. The first-order chi connectivity index (χ1) is 10.1. The molecule has 0 bridgehead atoms. The normalized spacial score (nSPS) is 12.0. The summed E-state index contributed by atoms with van der Waals surface area (Å²) in [6.07, 6.45) is -0.469. The van der Waals surface area contributed by atoms with Crippen molar-refractivity contribution < 1.29 is 19.7 Å². The first kappa shape index (κ1) is 15.5. The van der Waals surface area contributed by atoms with E-state index in [2.05, 4.69) is 0 Å². The lowest BCUT2D eigenvalue weighted by atomic mass is 10.0. The van der Waals surface area contributed by atoms with Crippen molar-refractivity contribution in [2.45, 2.75) is 12.5 Å². The summed E-state index contributed by atoms with van der Waals surface area (Å²) in [7, 11) is 3.02. The first-order valence-corrected chi connectivity index (χ1v) is 6.81. The van der Waals surface area contributed by atoms with Gasteiger partial charge in [0.15, 0.2) is 11.5 Å². The van der Waals surface area contributed by atoms with E-state index in [0.29, 0.717) is 28.5 Å². The quantitative estimate of drug-likeness (QED) is 0.889. The number of aliphatic hydroxyl groups is 1. The predicted molar refractivity (Wildman–Crippen MR) is 81.3 cm³/mol. The van der Waals surface area contributed by atoms with Crippen LogP contribution in [0, 0.1) is 0 Å². The fourth-order valence-electron chi connectivity index (χ4n) is 2.18. The third-order valence-corrected chi connectivity index (χ3v) is 3.60. The Bertz CT molecular complexity index is 628. The molecular weight excluding hydrogens is 292 g/mol. The summed E-state index contributed by atoms with van der Waals surface area (Å²) in [5, 5.41) is 20.1. The van der Waals surface area contributed by atoms with Gasteiger partial charge in [-0.05, 0) is 23.8 Å². The molecule has 0 radical (unpaired) electrons. The molecule has 0 aromatic heterocycles. The van der Waals surface area contributed by atoms with E-state index in [1.165, 1.54) is 14.2 Å². The van der Waals surface area contributed by atoms with Gasteiger partial charge in [-0.3, -0.25) is 0 Å². The van der Waals surface area contributed by atoms with Crippen molar-refractivity contribution in [3.63, 3.8) is 0 Å². The molecule has 0 aliphatic rings. The Morgan fingerprint density at radius 3 is 2.52 bits per heavy atom. The first-order valence-electron chi connectivity index (χ1n) is 6.43. The van der Waals surface area contributed by atoms with Gasteiger partial charge in [-0.1, -0.05) is 29.8 Å². The van der Waals surface area contributed by atoms with Crippen molar-refractivity contribution in [1.82, 2.24) is 0 Å². The molecule has 2 rings (SSSR count). The van der Waals surface area contributed by atoms with E-state index in [9.17, 15) is 10.2 Å². The summed E-state index contributed by atoms with van der Waals surface area (Å²) in [6.45, 7) is 0. The molecular formula is C16H17ClO4. The molecule has 112 valence electrons. The van der Waals surface area contributed by atoms with Crippen molar-refractivity contribution in [2.24, 2.45) is 0 Å². The lowest BCUT2D eigenvalue weighted by Gasteiger charge is -2.17. The van der Waals surface area contributed by atoms with E-state index in [1.807, 2.05) is 6.07 Å². The highest BCUT2D eigenvalue weighted by molar-refractivity contribution is 6.33. The van der Waals surface area contributed by atoms with Crippen LogP contribution in [0.25, 0.3) is 0 Å². The molecule has 0 amide bonds. The number of halogens is 1. The molecule has 0 heterocycles. The molecule has 21 heavy (non-hydrogen) atoms. The number of ether oxygens (including phenoxy) is 2. The number of benzene rings is 2. The number of rotatable bonds is 5. The summed E-state index contributed by atoms with van der Waals surface area (Å²) < 4.78 is 10.4. The van der Waals surface area contributed by atoms with Gasteiger partial charge in [-0.15, -0.1) is 0 Å². The monoisotopic (exact) mass is 308 g/mol. The molecule has 1 atom stereocenters. The Morgan fingerprint density at radius 1 is 1.14 bits per heavy atom. The molecule has 0 saturated carbocycles. The maximum Gasteiger partial charge on any atom is 0.179 e. The zero-order valence-electron chi connectivity index (χ0n) is 11.8. The van der Waals surface area contributed by atoms with Crippen molar-refractivity contribution >= 4 is 11.6 Å². The second kappa shape index (κ2) is 6.70. The van der Waals surface area contributed by atoms with E-state index in [-0.39, 0.29) is 5.75 Å². The minimum absolute atomic E-state index is 0.165. The van der Waals surface area contributed by atoms with Crippen LogP contribution in [0.1, 0.15) is 17.2 Å². The van der Waals surface area contributed by atoms with Gasteiger partial charge in [0.1, 0.15) is 5.75 Å². The largest absolute Gasteiger partial charge is 0.508 e. The van der Waals surface area contributed by atoms with Gasteiger partial charge < -0.3 is 19.7 Å². The summed E-state index contributed by atoms with van der Waals surface area (Å²) >= 11 is 6.27. The summed E-state index contributed by atoms with van der Waals surface area (Å²) in [5.74, 6) is 1.07. The molecule has 0 aliphatic heterocycles. The summed E-state index contributed by atoms with van der Waals surface area (Å²) in [5.41, 5.74) is 1.37. The van der Waals surface area contributed by atoms with Crippen LogP contribution in [-0.2, 0) is 6.42 Å². The highest BCUT2D eigenvalue weighted by Gasteiger charge is 2.19. The van der Waals surface area contributed by atoms with Crippen LogP contribution in [-0.4, -0.2) is 24.4 Å². The topological polar surface area (TPSA) is 58.9 Å². The molecule has 1 unspecified atom stereocenters. The summed E-state index contributed by atoms with van der Waals surface area (Å²) in [6, 6.07) is 10.2. The van der Waals surface area contributed by atoms with Crippen molar-refractivity contribution in [3.05, 3.63) is 52.5 Å². The molecule has 5 heteroatoms. The van der Waals surface area contributed by atoms with Crippen LogP contribution in [0.5, 0.6) is 17.2 Å². The number of phenolic OH excluding ortho intramolecular Hbond substituents is 1. The Hall–Kier alpha value is -1.91. The van der Waals surface area contributed by atoms with E-state index in [4.69, 9.17) is 21.1 Å². The molecule has 4 nitrogen and oxygen atoms in total. The fraction of sp³-hybridized carbons (Fsp3) is 0.250. The Labute approximate surface area is 128 Å². The van der Waals surface area contributed by atoms with Gasteiger partial charge in [0.05, 0.1) is 25.3 Å². The van der Waals surface area contributed by atoms with Crippen LogP contribution >= 0.6 is 11.6 Å². The van der Waals surface area contributed by atoms with Crippen LogP contribution in [0.4, 0.5) is 0 Å². The molecule has 2 aromatic rings. The number of aromatic hydroxyl groups is 1. The van der Waals surface area contributed by atoms with Crippen molar-refractivity contribution in [1.29, 1.82) is 0 Å². The van der Waals surface area contributed by atoms with Crippen LogP contribution in [0.2, 0.25) is 5.02 Å². The number of hydrogen-bond donors (Lipinski definition) is 2. The minimum atomic E-state index is -0.806. The zero-order valence-corrected chi connectivity index (χ0v) is 12.6. The van der Waals surface area contributed by atoms with E-state index < -0.39 is 6.10 Å². The van der Waals surface area contributed by atoms with Gasteiger partial charge in [-0.25, -0.2) is 0 Å². The molecule has 2 N–H and O–H groups in total. The zero-order chi connectivity index (χ0) is 15.4. The SMILES string of the molecule is COc1ccc(C(O)Cc2cccc(O)c2)c(Cl)c1OC. The number of phenols is 1. The molecule has 0 spiro atoms. The Morgan fingerprint density at radius 2 is 1.90 bits per heavy atom. The number of hydrogen-bond acceptors (Lipinski definition) is 4.